The Morgan fingerprint density at radius 2 is 0.486 bits per heavy atom. The predicted molar refractivity (Wildman–Crippen MR) is 321 cm³/mol. The van der Waals surface area contributed by atoms with Gasteiger partial charge in [0, 0.05) is 19.3 Å². The second-order valence-electron chi connectivity index (χ2n) is 22.0. The molecule has 0 bridgehead atoms. The Hall–Kier alpha value is -2.63. The number of hydrogen-bond donors (Lipinski definition) is 0. The Morgan fingerprint density at radius 3 is 0.770 bits per heavy atom. The number of carbonyl (C=O) groups excluding carboxylic acids is 3. The molecule has 1 unspecified atom stereocenters. The van der Waals surface area contributed by atoms with Gasteiger partial charge in [0.15, 0.2) is 6.10 Å². The van der Waals surface area contributed by atoms with Crippen LogP contribution in [0.2, 0.25) is 0 Å². The smallest absolute Gasteiger partial charge is 0.306 e. The number of esters is 3. The first-order chi connectivity index (χ1) is 36.5. The van der Waals surface area contributed by atoms with E-state index in [2.05, 4.69) is 69.4 Å². The monoisotopic (exact) mass is 1040 g/mol. The van der Waals surface area contributed by atoms with Gasteiger partial charge in [-0.25, -0.2) is 0 Å². The van der Waals surface area contributed by atoms with E-state index in [1.54, 1.807) is 0 Å². The Bertz CT molecular complexity index is 1280. The van der Waals surface area contributed by atoms with Gasteiger partial charge in [0.25, 0.3) is 0 Å². The third-order valence-electron chi connectivity index (χ3n) is 14.6. The molecule has 0 aromatic carbocycles. The van der Waals surface area contributed by atoms with Crippen LogP contribution in [-0.2, 0) is 28.6 Å². The molecule has 0 saturated heterocycles. The lowest BCUT2D eigenvalue weighted by molar-refractivity contribution is -0.167. The normalized spacial score (nSPS) is 12.3. The number of allylic oxidation sites excluding steroid dienone is 8. The van der Waals surface area contributed by atoms with E-state index in [-0.39, 0.29) is 31.1 Å². The van der Waals surface area contributed by atoms with Gasteiger partial charge in [-0.05, 0) is 83.5 Å². The molecule has 0 aliphatic carbocycles. The van der Waals surface area contributed by atoms with Crippen molar-refractivity contribution in [3.63, 3.8) is 0 Å². The summed E-state index contributed by atoms with van der Waals surface area (Å²) >= 11 is 0. The molecule has 0 spiro atoms. The van der Waals surface area contributed by atoms with Crippen molar-refractivity contribution in [2.24, 2.45) is 0 Å². The molecule has 0 rings (SSSR count). The van der Waals surface area contributed by atoms with Crippen LogP contribution < -0.4 is 0 Å². The molecule has 0 heterocycles. The lowest BCUT2D eigenvalue weighted by Crippen LogP contribution is -2.30. The molecule has 0 amide bonds. The van der Waals surface area contributed by atoms with Gasteiger partial charge in [0.05, 0.1) is 0 Å². The highest BCUT2D eigenvalue weighted by Gasteiger charge is 2.19. The molecule has 432 valence electrons. The van der Waals surface area contributed by atoms with E-state index in [1.165, 1.54) is 238 Å². The van der Waals surface area contributed by atoms with Crippen LogP contribution in [0.4, 0.5) is 0 Å². The lowest BCUT2D eigenvalue weighted by atomic mass is 10.0. The van der Waals surface area contributed by atoms with Crippen LogP contribution in [0.1, 0.15) is 348 Å². The minimum Gasteiger partial charge on any atom is -0.462 e. The summed E-state index contributed by atoms with van der Waals surface area (Å²) in [4.78, 5) is 38.2. The van der Waals surface area contributed by atoms with E-state index >= 15 is 0 Å². The van der Waals surface area contributed by atoms with Crippen LogP contribution in [0.3, 0.4) is 0 Å². The van der Waals surface area contributed by atoms with E-state index in [1.807, 2.05) is 0 Å². The minimum atomic E-state index is -0.774. The third kappa shape index (κ3) is 60.2. The number of unbranched alkanes of at least 4 members (excludes halogenated alkanes) is 41. The van der Waals surface area contributed by atoms with Gasteiger partial charge in [-0.3, -0.25) is 14.4 Å². The summed E-state index contributed by atoms with van der Waals surface area (Å²) in [5.74, 6) is -0.859. The van der Waals surface area contributed by atoms with Gasteiger partial charge in [-0.1, -0.05) is 294 Å². The Balaban J connectivity index is 4.22. The van der Waals surface area contributed by atoms with E-state index in [9.17, 15) is 14.4 Å². The quantitative estimate of drug-likeness (QED) is 0.0261. The molecule has 0 fully saturated rings. The van der Waals surface area contributed by atoms with Crippen LogP contribution in [0.5, 0.6) is 0 Å². The zero-order valence-corrected chi connectivity index (χ0v) is 49.6. The Labute approximate surface area is 460 Å². The van der Waals surface area contributed by atoms with Crippen LogP contribution in [0, 0.1) is 0 Å². The molecule has 0 aromatic heterocycles. The molecule has 0 N–H and O–H groups in total. The van der Waals surface area contributed by atoms with Crippen molar-refractivity contribution in [2.45, 2.75) is 354 Å². The topological polar surface area (TPSA) is 78.9 Å². The maximum absolute atomic E-state index is 12.9. The summed E-state index contributed by atoms with van der Waals surface area (Å²) in [5, 5.41) is 0. The summed E-state index contributed by atoms with van der Waals surface area (Å²) in [5.41, 5.74) is 0. The first kappa shape index (κ1) is 71.4. The van der Waals surface area contributed by atoms with Gasteiger partial charge < -0.3 is 14.2 Å². The molecular weight excluding hydrogens is 913 g/mol. The van der Waals surface area contributed by atoms with E-state index in [0.717, 1.165) is 70.6 Å². The van der Waals surface area contributed by atoms with Crippen molar-refractivity contribution in [1.29, 1.82) is 0 Å². The molecule has 0 aromatic rings. The zero-order valence-electron chi connectivity index (χ0n) is 49.6. The van der Waals surface area contributed by atoms with Crippen molar-refractivity contribution >= 4 is 17.9 Å². The number of rotatable bonds is 60. The molecule has 74 heavy (non-hydrogen) atoms. The third-order valence-corrected chi connectivity index (χ3v) is 14.6. The second kappa shape index (κ2) is 62.9. The van der Waals surface area contributed by atoms with Gasteiger partial charge in [-0.15, -0.1) is 0 Å². The molecule has 1 atom stereocenters. The van der Waals surface area contributed by atoms with E-state index in [0.29, 0.717) is 19.3 Å². The number of ether oxygens (including phenoxy) is 3. The van der Waals surface area contributed by atoms with E-state index in [4.69, 9.17) is 14.2 Å². The maximum atomic E-state index is 12.9. The first-order valence-corrected chi connectivity index (χ1v) is 32.6. The number of hydrogen-bond acceptors (Lipinski definition) is 6. The highest BCUT2D eigenvalue weighted by Crippen LogP contribution is 2.17. The Morgan fingerprint density at radius 1 is 0.270 bits per heavy atom. The van der Waals surface area contributed by atoms with Gasteiger partial charge in [0.2, 0.25) is 0 Å². The fraction of sp³-hybridized carbons (Fsp3) is 0.838. The van der Waals surface area contributed by atoms with Crippen molar-refractivity contribution in [3.8, 4) is 0 Å². The highest BCUT2D eigenvalue weighted by atomic mass is 16.6. The number of carbonyl (C=O) groups is 3. The second-order valence-corrected chi connectivity index (χ2v) is 22.0. The van der Waals surface area contributed by atoms with Gasteiger partial charge >= 0.3 is 17.9 Å². The highest BCUT2D eigenvalue weighted by molar-refractivity contribution is 5.71. The Kier molecular flexibility index (Phi) is 60.7. The van der Waals surface area contributed by atoms with Crippen LogP contribution in [0.25, 0.3) is 0 Å². The van der Waals surface area contributed by atoms with Crippen LogP contribution in [-0.4, -0.2) is 37.2 Å². The predicted octanol–water partition coefficient (Wildman–Crippen LogP) is 22.2. The van der Waals surface area contributed by atoms with Crippen molar-refractivity contribution in [3.05, 3.63) is 48.6 Å². The summed E-state index contributed by atoms with van der Waals surface area (Å²) in [6.07, 6.45) is 78.4. The van der Waals surface area contributed by atoms with Crippen molar-refractivity contribution in [1.82, 2.24) is 0 Å². The SMILES string of the molecule is CCCCCCC/C=C\C/C=C\C/C=C\CCCCCCCCCCCCCCC(=O)OCC(COC(=O)CCCCCCCCCCCCC)OC(=O)CCCCCCCCC/C=C\CCCCCCCCC. The molecule has 6 heteroatoms. The van der Waals surface area contributed by atoms with Crippen molar-refractivity contribution in [2.75, 3.05) is 13.2 Å². The average molecular weight is 1040 g/mol. The molecular formula is C68H124O6. The summed E-state index contributed by atoms with van der Waals surface area (Å²) < 4.78 is 16.9. The minimum absolute atomic E-state index is 0.0713. The molecule has 0 saturated carbocycles. The zero-order chi connectivity index (χ0) is 53.6. The fourth-order valence-corrected chi connectivity index (χ4v) is 9.62. The van der Waals surface area contributed by atoms with Crippen molar-refractivity contribution < 1.29 is 28.6 Å². The molecule has 0 radical (unpaired) electrons. The first-order valence-electron chi connectivity index (χ1n) is 32.6. The summed E-state index contributed by atoms with van der Waals surface area (Å²) in [7, 11) is 0. The standard InChI is InChI=1S/C68H124O6/c1-4-7-10-13-16-19-22-24-26-28-30-31-32-33-34-35-36-37-38-40-41-43-46-49-52-55-58-61-67(70)73-64-65(63-72-66(69)60-57-54-51-48-45-21-18-15-12-9-6-3)74-68(71)62-59-56-53-50-47-44-42-39-29-27-25-23-20-17-14-11-8-5-2/h22,24,27-30,32-33,65H,4-21,23,25-26,31,34-64H2,1-3H3/b24-22-,29-27-,30-28-,33-32-. The average Bonchev–Trinajstić information content (AvgIpc) is 3.40. The van der Waals surface area contributed by atoms with E-state index < -0.39 is 6.10 Å². The van der Waals surface area contributed by atoms with Crippen LogP contribution >= 0.6 is 0 Å². The van der Waals surface area contributed by atoms with Gasteiger partial charge in [-0.2, -0.15) is 0 Å². The van der Waals surface area contributed by atoms with Gasteiger partial charge in [0.1, 0.15) is 13.2 Å². The largest absolute Gasteiger partial charge is 0.462 e. The maximum Gasteiger partial charge on any atom is 0.306 e. The molecule has 0 aliphatic rings. The summed E-state index contributed by atoms with van der Waals surface area (Å²) in [6.45, 7) is 6.66. The fourth-order valence-electron chi connectivity index (χ4n) is 9.62. The molecule has 6 nitrogen and oxygen atoms in total. The molecule has 0 aliphatic heterocycles. The summed E-state index contributed by atoms with van der Waals surface area (Å²) in [6, 6.07) is 0. The van der Waals surface area contributed by atoms with Crippen LogP contribution in [0.15, 0.2) is 48.6 Å². The lowest BCUT2D eigenvalue weighted by Gasteiger charge is -2.18.